The predicted octanol–water partition coefficient (Wildman–Crippen LogP) is 1.35. The molecule has 1 aromatic rings. The lowest BCUT2D eigenvalue weighted by Crippen LogP contribution is -1.88. The Morgan fingerprint density at radius 2 is 2.13 bits per heavy atom. The van der Waals surface area contributed by atoms with Crippen molar-refractivity contribution in [2.24, 2.45) is 0 Å². The summed E-state index contributed by atoms with van der Waals surface area (Å²) in [4.78, 5) is 9.92. The number of hydrogen-bond donors (Lipinski definition) is 3. The summed E-state index contributed by atoms with van der Waals surface area (Å²) in [5.74, 6) is 0.520. The lowest BCUT2D eigenvalue weighted by molar-refractivity contribution is -0.110. The minimum absolute atomic E-state index is 0.0216. The van der Waals surface area contributed by atoms with Gasteiger partial charge in [0.2, 0.25) is 5.91 Å². The second-order valence-electron chi connectivity index (χ2n) is 2.89. The van der Waals surface area contributed by atoms with Gasteiger partial charge in [0.15, 0.2) is 0 Å². The van der Waals surface area contributed by atoms with Crippen LogP contribution >= 0.6 is 23.2 Å². The average Bonchev–Trinajstić information content (AvgIpc) is 2.92. The van der Waals surface area contributed by atoms with E-state index in [1.807, 2.05) is 0 Å². The summed E-state index contributed by atoms with van der Waals surface area (Å²) >= 11 is 10.7. The van der Waals surface area contributed by atoms with E-state index in [0.717, 1.165) is 0 Å². The van der Waals surface area contributed by atoms with Crippen LogP contribution in [-0.2, 0) is 4.79 Å². The Labute approximate surface area is 97.0 Å². The number of nitrogens with one attached hydrogen (secondary N) is 1. The quantitative estimate of drug-likeness (QED) is 0.304. The number of benzene rings is 1. The Kier molecular flexibility index (Phi) is 4.05. The van der Waals surface area contributed by atoms with Gasteiger partial charge in [-0.2, -0.15) is 0 Å². The number of alkyl halides is 1. The van der Waals surface area contributed by atoms with Gasteiger partial charge in [-0.3, -0.25) is 4.79 Å². The Bertz CT molecular complexity index is 351. The van der Waals surface area contributed by atoms with Crippen LogP contribution in [0.15, 0.2) is 18.2 Å². The first-order valence-corrected chi connectivity index (χ1v) is 5.06. The van der Waals surface area contributed by atoms with E-state index in [1.165, 1.54) is 6.07 Å². The third kappa shape index (κ3) is 3.49. The molecule has 0 spiro atoms. The van der Waals surface area contributed by atoms with Crippen LogP contribution < -0.4 is 11.1 Å². The van der Waals surface area contributed by atoms with Crippen LogP contribution in [0.3, 0.4) is 0 Å². The van der Waals surface area contributed by atoms with Crippen molar-refractivity contribution < 1.29 is 9.90 Å². The van der Waals surface area contributed by atoms with Gasteiger partial charge in [0, 0.05) is 0 Å². The van der Waals surface area contributed by atoms with Gasteiger partial charge in [-0.1, -0.05) is 17.7 Å². The minimum Gasteiger partial charge on any atom is -0.506 e. The van der Waals surface area contributed by atoms with E-state index >= 15 is 0 Å². The molecule has 1 unspecified atom stereocenters. The molecule has 0 saturated carbocycles. The zero-order valence-corrected chi connectivity index (χ0v) is 9.22. The molecular formula is C9H10Cl2N2O2. The standard InChI is InChI=1S/C6H6ClNO.C3H4ClNO/c7-4-2-1-3-5(9)6(4)8;4-1-2-3(6)5-2/h1-3,9H,8H2;2H,1H2,(H,5,6). The number of halogens is 2. The zero-order chi connectivity index (χ0) is 11.4. The fourth-order valence-corrected chi connectivity index (χ4v) is 1.15. The Morgan fingerprint density at radius 1 is 1.53 bits per heavy atom. The maximum atomic E-state index is 9.92. The van der Waals surface area contributed by atoms with Gasteiger partial charge >= 0.3 is 0 Å². The molecule has 1 aliphatic heterocycles. The number of carbonyl (C=O) groups is 1. The number of rotatable bonds is 1. The number of carbonyl (C=O) groups excluding carboxylic acids is 1. The molecule has 1 heterocycles. The molecule has 15 heavy (non-hydrogen) atoms. The van der Waals surface area contributed by atoms with Gasteiger partial charge in [0.05, 0.1) is 16.6 Å². The molecule has 1 aromatic carbocycles. The fourth-order valence-electron chi connectivity index (χ4n) is 0.764. The average molecular weight is 249 g/mol. The van der Waals surface area contributed by atoms with E-state index in [2.05, 4.69) is 5.32 Å². The third-order valence-corrected chi connectivity index (χ3v) is 2.37. The fraction of sp³-hybridized carbons (Fsp3) is 0.222. The number of nitrogen functional groups attached to an aromatic ring is 1. The van der Waals surface area contributed by atoms with E-state index in [0.29, 0.717) is 10.9 Å². The summed E-state index contributed by atoms with van der Waals surface area (Å²) in [7, 11) is 0. The predicted molar refractivity (Wildman–Crippen MR) is 60.2 cm³/mol. The molecule has 0 aliphatic carbocycles. The van der Waals surface area contributed by atoms with E-state index in [-0.39, 0.29) is 23.4 Å². The molecule has 2 rings (SSSR count). The first kappa shape index (κ1) is 11.9. The molecule has 1 amide bonds. The van der Waals surface area contributed by atoms with Crippen LogP contribution in [-0.4, -0.2) is 22.9 Å². The van der Waals surface area contributed by atoms with Crippen LogP contribution in [0.5, 0.6) is 5.75 Å². The number of amides is 1. The van der Waals surface area contributed by atoms with Crippen LogP contribution in [0.4, 0.5) is 5.69 Å². The molecule has 1 atom stereocenters. The summed E-state index contributed by atoms with van der Waals surface area (Å²) in [5.41, 5.74) is 5.54. The molecule has 0 aromatic heterocycles. The van der Waals surface area contributed by atoms with Crippen molar-refractivity contribution in [3.8, 4) is 5.75 Å². The van der Waals surface area contributed by atoms with Crippen molar-refractivity contribution in [1.82, 2.24) is 5.32 Å². The molecule has 1 aliphatic rings. The van der Waals surface area contributed by atoms with Crippen molar-refractivity contribution in [3.63, 3.8) is 0 Å². The number of para-hydroxylation sites is 1. The second kappa shape index (κ2) is 5.09. The summed E-state index contributed by atoms with van der Waals surface area (Å²) < 4.78 is 0. The smallest absolute Gasteiger partial charge is 0.244 e. The van der Waals surface area contributed by atoms with Gasteiger partial charge in [-0.15, -0.1) is 11.6 Å². The molecule has 1 fully saturated rings. The van der Waals surface area contributed by atoms with Gasteiger partial charge in [0.1, 0.15) is 11.8 Å². The summed E-state index contributed by atoms with van der Waals surface area (Å²) in [6.45, 7) is 0. The topological polar surface area (TPSA) is 85.3 Å². The van der Waals surface area contributed by atoms with Crippen molar-refractivity contribution in [2.45, 2.75) is 6.04 Å². The van der Waals surface area contributed by atoms with E-state index in [1.54, 1.807) is 12.1 Å². The lowest BCUT2D eigenvalue weighted by Gasteiger charge is -1.97. The Balaban J connectivity index is 0.000000162. The zero-order valence-electron chi connectivity index (χ0n) is 7.71. The largest absolute Gasteiger partial charge is 0.506 e. The number of hydrogen-bond acceptors (Lipinski definition) is 3. The van der Waals surface area contributed by atoms with E-state index in [9.17, 15) is 4.79 Å². The van der Waals surface area contributed by atoms with Crippen LogP contribution in [0, 0.1) is 0 Å². The number of anilines is 1. The Morgan fingerprint density at radius 3 is 2.40 bits per heavy atom. The molecule has 0 radical (unpaired) electrons. The molecule has 1 saturated heterocycles. The highest BCUT2D eigenvalue weighted by Gasteiger charge is 2.31. The van der Waals surface area contributed by atoms with Crippen molar-refractivity contribution in [1.29, 1.82) is 0 Å². The van der Waals surface area contributed by atoms with Crippen molar-refractivity contribution >= 4 is 34.8 Å². The minimum atomic E-state index is -0.0216. The molecule has 4 N–H and O–H groups in total. The molecular weight excluding hydrogens is 239 g/mol. The van der Waals surface area contributed by atoms with Gasteiger partial charge in [0.25, 0.3) is 0 Å². The van der Waals surface area contributed by atoms with Crippen molar-refractivity contribution in [2.75, 3.05) is 11.6 Å². The summed E-state index contributed by atoms with van der Waals surface area (Å²) in [5, 5.41) is 11.8. The summed E-state index contributed by atoms with van der Waals surface area (Å²) in [6, 6.07) is 4.72. The van der Waals surface area contributed by atoms with E-state index < -0.39 is 0 Å². The van der Waals surface area contributed by atoms with Crippen LogP contribution in [0.25, 0.3) is 0 Å². The first-order valence-electron chi connectivity index (χ1n) is 4.15. The number of aromatic hydroxyl groups is 1. The highest BCUT2D eigenvalue weighted by molar-refractivity contribution is 6.33. The van der Waals surface area contributed by atoms with Gasteiger partial charge in [-0.05, 0) is 12.1 Å². The molecule has 6 heteroatoms. The number of phenols is 1. The second-order valence-corrected chi connectivity index (χ2v) is 3.60. The normalized spacial score (nSPS) is 17.5. The molecule has 0 bridgehead atoms. The summed E-state index contributed by atoms with van der Waals surface area (Å²) in [6.07, 6.45) is 0. The highest BCUT2D eigenvalue weighted by Crippen LogP contribution is 2.26. The highest BCUT2D eigenvalue weighted by atomic mass is 35.5. The number of nitrogens with two attached hydrogens (primary N) is 1. The third-order valence-electron chi connectivity index (χ3n) is 1.73. The van der Waals surface area contributed by atoms with Gasteiger partial charge in [-0.25, -0.2) is 0 Å². The van der Waals surface area contributed by atoms with Crippen LogP contribution in [0.1, 0.15) is 0 Å². The SMILES string of the molecule is Nc1c(O)cccc1Cl.O=C1NC1CCl. The monoisotopic (exact) mass is 248 g/mol. The Hall–Kier alpha value is -1.13. The molecule has 4 nitrogen and oxygen atoms in total. The maximum absolute atomic E-state index is 9.92. The molecule has 82 valence electrons. The van der Waals surface area contributed by atoms with Gasteiger partial charge < -0.3 is 16.2 Å². The van der Waals surface area contributed by atoms with Crippen molar-refractivity contribution in [3.05, 3.63) is 23.2 Å². The first-order chi connectivity index (χ1) is 7.06. The number of phenolic OH excluding ortho intramolecular Hbond substituents is 1. The maximum Gasteiger partial charge on any atom is 0.244 e. The lowest BCUT2D eigenvalue weighted by atomic mass is 10.3. The van der Waals surface area contributed by atoms with E-state index in [4.69, 9.17) is 34.0 Å². The van der Waals surface area contributed by atoms with Crippen LogP contribution in [0.2, 0.25) is 5.02 Å².